The van der Waals surface area contributed by atoms with Crippen LogP contribution in [-0.2, 0) is 11.8 Å². The first kappa shape index (κ1) is 6.54. The molecule has 2 bridgehead atoms. The molecule has 2 unspecified atom stereocenters. The van der Waals surface area contributed by atoms with Gasteiger partial charge in [0, 0.05) is 31.1 Å². The molecular formula is C18H21NO3. The maximum Gasteiger partial charge on any atom is 0.211 e. The quantitative estimate of drug-likeness (QED) is 0.841. The third kappa shape index (κ3) is 1.28. The Hall–Kier alpha value is -1.52. The lowest BCUT2D eigenvalue weighted by Crippen LogP contribution is -2.64. The summed E-state index contributed by atoms with van der Waals surface area (Å²) < 4.78 is 96.4. The lowest BCUT2D eigenvalue weighted by molar-refractivity contribution is -0.0453. The van der Waals surface area contributed by atoms with Gasteiger partial charge in [0.2, 0.25) is 1.43 Å². The van der Waals surface area contributed by atoms with Gasteiger partial charge < -0.3 is 19.5 Å². The van der Waals surface area contributed by atoms with Gasteiger partial charge in [-0.1, -0.05) is 18.2 Å². The van der Waals surface area contributed by atoms with Crippen LogP contribution in [0.3, 0.4) is 0 Å². The number of rotatable bonds is 2. The maximum atomic E-state index is 9.34. The number of ether oxygens (including phenoxy) is 2. The Morgan fingerprint density at radius 1 is 1.64 bits per heavy atom. The molecule has 4 heteroatoms. The van der Waals surface area contributed by atoms with E-state index in [-0.39, 0.29) is 35.6 Å². The molecule has 1 fully saturated rings. The summed E-state index contributed by atoms with van der Waals surface area (Å²) in [6.07, 6.45) is -3.24. The zero-order chi connectivity index (χ0) is 23.6. The minimum Gasteiger partial charge on any atom is -0.493 e. The van der Waals surface area contributed by atoms with Crippen molar-refractivity contribution in [3.8, 4) is 11.5 Å². The zero-order valence-electron chi connectivity index (χ0n) is 21.9. The number of hydrogen-bond donors (Lipinski definition) is 1. The molecule has 22 heavy (non-hydrogen) atoms. The minimum atomic E-state index is -2.82. The third-order valence-corrected chi connectivity index (χ3v) is 5.12. The summed E-state index contributed by atoms with van der Waals surface area (Å²) in [7, 11) is 1.27. The van der Waals surface area contributed by atoms with Crippen LogP contribution < -0.4 is 9.47 Å². The van der Waals surface area contributed by atoms with E-state index in [1.807, 2.05) is 0 Å². The number of likely N-dealkylation sites (tertiary alicyclic amines) is 1. The summed E-state index contributed by atoms with van der Waals surface area (Å²) in [5.74, 6) is -1.39. The van der Waals surface area contributed by atoms with E-state index in [2.05, 4.69) is 0 Å². The standard InChI is InChI=1S/C18H21NO3/c1-19-8-7-18-11-4-5-13(20)17(18)22-16-14(21-2)6-3-10(15(16)18)9-12(11)19/h3-6,11-13,17,20H,7-9H2,1-2H3/t11-,12+,13?,17?,18-/m0/s1/i1D3,3D,6D,9D2,12D,17D,20D. The minimum absolute atomic E-state index is 0.0135. The molecule has 0 radical (unpaired) electrons. The van der Waals surface area contributed by atoms with Crippen molar-refractivity contribution in [3.63, 3.8) is 0 Å². The summed E-state index contributed by atoms with van der Waals surface area (Å²) in [6.45, 7) is -3.06. The van der Waals surface area contributed by atoms with Gasteiger partial charge in [0.15, 0.2) is 11.5 Å². The van der Waals surface area contributed by atoms with Gasteiger partial charge >= 0.3 is 0 Å². The van der Waals surface area contributed by atoms with Gasteiger partial charge in [-0.05, 0) is 37.9 Å². The Morgan fingerprint density at radius 3 is 3.41 bits per heavy atom. The third-order valence-electron chi connectivity index (χ3n) is 5.12. The van der Waals surface area contributed by atoms with Gasteiger partial charge in [0.1, 0.15) is 12.2 Å². The van der Waals surface area contributed by atoms with Gasteiger partial charge in [-0.15, -0.1) is 0 Å². The largest absolute Gasteiger partial charge is 0.493 e. The summed E-state index contributed by atoms with van der Waals surface area (Å²) in [6, 6.07) is -3.47. The number of nitrogens with zero attached hydrogens (tertiary/aromatic N) is 1. The molecule has 0 amide bonds. The molecular weight excluding hydrogens is 278 g/mol. The molecule has 5 atom stereocenters. The Balaban J connectivity index is 1.98. The predicted octanol–water partition coefficient (Wildman–Crippen LogP) is 1.50. The Labute approximate surface area is 144 Å². The fourth-order valence-corrected chi connectivity index (χ4v) is 4.21. The van der Waals surface area contributed by atoms with E-state index in [4.69, 9.17) is 25.6 Å². The second-order valence-corrected chi connectivity index (χ2v) is 6.00. The van der Waals surface area contributed by atoms with Gasteiger partial charge in [-0.3, -0.25) is 0 Å². The number of methoxy groups -OCH3 is 1. The van der Waals surface area contributed by atoms with E-state index in [0.717, 1.165) is 4.90 Å². The molecule has 5 rings (SSSR count). The van der Waals surface area contributed by atoms with Gasteiger partial charge in [-0.25, -0.2) is 0 Å². The summed E-state index contributed by atoms with van der Waals surface area (Å²) in [5.41, 5.74) is -1.68. The first-order chi connectivity index (χ1) is 14.7. The van der Waals surface area contributed by atoms with Gasteiger partial charge in [0.05, 0.1) is 11.2 Å². The van der Waals surface area contributed by atoms with E-state index in [9.17, 15) is 2.74 Å². The van der Waals surface area contributed by atoms with Crippen molar-refractivity contribution in [3.05, 3.63) is 35.4 Å². The van der Waals surface area contributed by atoms with Crippen molar-refractivity contribution < 1.29 is 26.9 Å². The Bertz CT molecular complexity index is 1060. The van der Waals surface area contributed by atoms with E-state index in [1.54, 1.807) is 0 Å². The van der Waals surface area contributed by atoms with Crippen molar-refractivity contribution in [1.82, 2.24) is 4.90 Å². The fraction of sp³-hybridized carbons (Fsp3) is 0.556. The van der Waals surface area contributed by atoms with Crippen LogP contribution in [0.4, 0.5) is 0 Å². The van der Waals surface area contributed by atoms with Crippen molar-refractivity contribution in [2.24, 2.45) is 5.92 Å². The highest BCUT2D eigenvalue weighted by Crippen LogP contribution is 2.62. The SMILES string of the molecule is [2H]OC1C=C[C@@H]2[C@@]34CCN(C([2H])([2H])[2H])[C@]2([2H])C([2H])([2H])c2c([2H])c([2H])c(OC)c(c23)OC14[2H]. The second kappa shape index (κ2) is 4.06. The molecule has 0 saturated carbocycles. The molecule has 0 aromatic heterocycles. The fourth-order valence-electron chi connectivity index (χ4n) is 4.21. The molecule has 1 N–H and O–H groups in total. The lowest BCUT2D eigenvalue weighted by Gasteiger charge is -2.56. The summed E-state index contributed by atoms with van der Waals surface area (Å²) >= 11 is 0. The summed E-state index contributed by atoms with van der Waals surface area (Å²) in [5, 5.41) is 4.79. The number of hydrogen-bond acceptors (Lipinski definition) is 4. The van der Waals surface area contributed by atoms with Crippen molar-refractivity contribution in [2.45, 2.75) is 36.4 Å². The van der Waals surface area contributed by atoms with Crippen LogP contribution in [0.15, 0.2) is 24.2 Å². The average molecular weight is 309 g/mol. The van der Waals surface area contributed by atoms with E-state index in [0.29, 0.717) is 0 Å². The maximum absolute atomic E-state index is 9.34. The second-order valence-electron chi connectivity index (χ2n) is 6.00. The topological polar surface area (TPSA) is 41.9 Å². The number of aliphatic hydroxyl groups excluding tert-OH is 1. The van der Waals surface area contributed by atoms with Crippen molar-refractivity contribution >= 4 is 0 Å². The monoisotopic (exact) mass is 309 g/mol. The van der Waals surface area contributed by atoms with Crippen LogP contribution in [0.25, 0.3) is 0 Å². The van der Waals surface area contributed by atoms with Crippen LogP contribution in [0, 0.1) is 5.92 Å². The van der Waals surface area contributed by atoms with Crippen LogP contribution in [0.1, 0.15) is 29.9 Å². The predicted molar refractivity (Wildman–Crippen MR) is 82.5 cm³/mol. The van der Waals surface area contributed by atoms with Gasteiger partial charge in [-0.2, -0.15) is 0 Å². The van der Waals surface area contributed by atoms with E-state index in [1.165, 1.54) is 19.3 Å². The number of benzene rings is 1. The van der Waals surface area contributed by atoms with Crippen LogP contribution >= 0.6 is 0 Å². The molecule has 1 saturated heterocycles. The normalized spacial score (nSPS) is 57.1. The summed E-state index contributed by atoms with van der Waals surface area (Å²) in [4.78, 5) is 0.802. The van der Waals surface area contributed by atoms with E-state index >= 15 is 0 Å². The molecule has 2 aliphatic carbocycles. The zero-order valence-corrected chi connectivity index (χ0v) is 11.9. The molecule has 1 spiro atoms. The highest BCUT2D eigenvalue weighted by molar-refractivity contribution is 5.62. The van der Waals surface area contributed by atoms with Crippen molar-refractivity contribution in [1.29, 1.82) is 1.43 Å². The number of piperidine rings is 1. The Kier molecular flexibility index (Phi) is 1.21. The van der Waals surface area contributed by atoms with Gasteiger partial charge in [0.25, 0.3) is 0 Å². The molecule has 1 aromatic rings. The van der Waals surface area contributed by atoms with Crippen LogP contribution in [0.5, 0.6) is 11.5 Å². The molecule has 4 nitrogen and oxygen atoms in total. The van der Waals surface area contributed by atoms with Crippen LogP contribution in [0.2, 0.25) is 0 Å². The highest BCUT2D eigenvalue weighted by atomic mass is 16.5. The smallest absolute Gasteiger partial charge is 0.211 e. The first-order valence-corrected chi connectivity index (χ1v) is 7.24. The molecule has 1 aromatic carbocycles. The number of aliphatic hydroxyl groups is 1. The molecule has 2 aliphatic heterocycles. The molecule has 2 heterocycles. The highest BCUT2D eigenvalue weighted by Gasteiger charge is 2.64. The molecule has 116 valence electrons. The molecule has 4 aliphatic rings. The lowest BCUT2D eigenvalue weighted by atomic mass is 9.53. The number of likely N-dealkylation sites (N-methyl/N-ethyl adjacent to an activating group) is 1. The Morgan fingerprint density at radius 2 is 2.59 bits per heavy atom. The van der Waals surface area contributed by atoms with Crippen molar-refractivity contribution in [2.75, 3.05) is 20.6 Å². The van der Waals surface area contributed by atoms with E-state index < -0.39 is 55.0 Å². The first-order valence-electron chi connectivity index (χ1n) is 12.1. The van der Waals surface area contributed by atoms with Crippen LogP contribution in [-0.4, -0.2) is 50.3 Å². The average Bonchev–Trinajstić information content (AvgIpc) is 2.94.